The predicted molar refractivity (Wildman–Crippen MR) is 137 cm³/mol. The van der Waals surface area contributed by atoms with Gasteiger partial charge in [-0.05, 0) is 36.1 Å². The zero-order valence-electron chi connectivity index (χ0n) is 18.8. The Hall–Kier alpha value is -2.69. The van der Waals surface area contributed by atoms with Crippen molar-refractivity contribution in [2.45, 2.75) is 32.6 Å². The molecule has 0 aliphatic rings. The molecule has 0 amide bonds. The quantitative estimate of drug-likeness (QED) is 0.263. The second-order valence-corrected chi connectivity index (χ2v) is 9.93. The lowest BCUT2D eigenvalue weighted by molar-refractivity contribution is -0.131. The SMILES string of the molecule is CC(C)c1csc(CCc2ccn3c(=O)c(/C=C/C(=O)O)c(NCCSCCN)nc3c2)n1. The smallest absolute Gasteiger partial charge is 0.328 e. The number of nitrogens with zero attached hydrogens (tertiary/aromatic N) is 3. The number of fused-ring (bicyclic) bond motifs is 1. The molecule has 8 nitrogen and oxygen atoms in total. The monoisotopic (exact) mass is 487 g/mol. The number of anilines is 1. The van der Waals surface area contributed by atoms with Crippen LogP contribution in [0.5, 0.6) is 0 Å². The molecule has 0 saturated heterocycles. The molecule has 3 aromatic rings. The van der Waals surface area contributed by atoms with E-state index in [1.165, 1.54) is 10.5 Å². The molecule has 0 spiro atoms. The van der Waals surface area contributed by atoms with Crippen LogP contribution in [0.15, 0.2) is 34.6 Å². The lowest BCUT2D eigenvalue weighted by atomic mass is 10.1. The largest absolute Gasteiger partial charge is 0.478 e. The molecule has 0 aromatic carbocycles. The van der Waals surface area contributed by atoms with Crippen molar-refractivity contribution in [2.24, 2.45) is 5.73 Å². The Morgan fingerprint density at radius 3 is 2.85 bits per heavy atom. The van der Waals surface area contributed by atoms with Crippen molar-refractivity contribution in [3.63, 3.8) is 0 Å². The van der Waals surface area contributed by atoms with Crippen LogP contribution in [0.3, 0.4) is 0 Å². The molecule has 0 unspecified atom stereocenters. The summed E-state index contributed by atoms with van der Waals surface area (Å²) in [4.78, 5) is 33.4. The molecule has 3 rings (SSSR count). The number of carboxylic acids is 1. The fourth-order valence-corrected chi connectivity index (χ4v) is 4.75. The Kier molecular flexibility index (Phi) is 9.04. The van der Waals surface area contributed by atoms with Gasteiger partial charge >= 0.3 is 5.97 Å². The average Bonchev–Trinajstić information content (AvgIpc) is 3.26. The molecule has 0 fully saturated rings. The molecule has 0 saturated carbocycles. The Morgan fingerprint density at radius 2 is 2.15 bits per heavy atom. The van der Waals surface area contributed by atoms with E-state index in [2.05, 4.69) is 34.5 Å². The lowest BCUT2D eigenvalue weighted by Crippen LogP contribution is -2.21. The Labute approximate surface area is 201 Å². The van der Waals surface area contributed by atoms with Crippen LogP contribution in [0.4, 0.5) is 5.82 Å². The van der Waals surface area contributed by atoms with Crippen molar-refractivity contribution in [3.8, 4) is 0 Å². The summed E-state index contributed by atoms with van der Waals surface area (Å²) in [6.07, 6.45) is 5.55. The first-order valence-electron chi connectivity index (χ1n) is 10.8. The number of rotatable bonds is 12. The maximum atomic E-state index is 13.1. The molecule has 0 aliphatic carbocycles. The summed E-state index contributed by atoms with van der Waals surface area (Å²) in [5.41, 5.74) is 8.11. The van der Waals surface area contributed by atoms with E-state index in [4.69, 9.17) is 10.8 Å². The van der Waals surface area contributed by atoms with Gasteiger partial charge in [0.2, 0.25) is 0 Å². The lowest BCUT2D eigenvalue weighted by Gasteiger charge is -2.11. The van der Waals surface area contributed by atoms with E-state index in [0.29, 0.717) is 30.5 Å². The van der Waals surface area contributed by atoms with Gasteiger partial charge in [0.15, 0.2) is 0 Å². The molecular formula is C23H29N5O3S2. The van der Waals surface area contributed by atoms with Gasteiger partial charge in [-0.15, -0.1) is 11.3 Å². The van der Waals surface area contributed by atoms with Crippen molar-refractivity contribution in [3.05, 3.63) is 62.0 Å². The molecule has 0 radical (unpaired) electrons. The number of thiazole rings is 1. The summed E-state index contributed by atoms with van der Waals surface area (Å²) >= 11 is 3.37. The van der Waals surface area contributed by atoms with Gasteiger partial charge in [-0.2, -0.15) is 11.8 Å². The van der Waals surface area contributed by atoms with Crippen molar-refractivity contribution in [1.82, 2.24) is 14.4 Å². The van der Waals surface area contributed by atoms with Gasteiger partial charge in [-0.25, -0.2) is 14.8 Å². The first kappa shape index (κ1) is 24.9. The maximum absolute atomic E-state index is 13.1. The van der Waals surface area contributed by atoms with Crippen LogP contribution >= 0.6 is 23.1 Å². The summed E-state index contributed by atoms with van der Waals surface area (Å²) in [5, 5.41) is 15.4. The highest BCUT2D eigenvalue weighted by Gasteiger charge is 2.12. The van der Waals surface area contributed by atoms with E-state index in [-0.39, 0.29) is 11.1 Å². The van der Waals surface area contributed by atoms with E-state index >= 15 is 0 Å². The maximum Gasteiger partial charge on any atom is 0.328 e. The summed E-state index contributed by atoms with van der Waals surface area (Å²) in [6.45, 7) is 5.46. The zero-order valence-corrected chi connectivity index (χ0v) is 20.4. The summed E-state index contributed by atoms with van der Waals surface area (Å²) in [5.74, 6) is 1.32. The van der Waals surface area contributed by atoms with Gasteiger partial charge in [0.05, 0.1) is 16.3 Å². The normalized spacial score (nSPS) is 11.6. The minimum Gasteiger partial charge on any atom is -0.478 e. The van der Waals surface area contributed by atoms with Crippen molar-refractivity contribution >= 4 is 46.6 Å². The molecule has 3 aromatic heterocycles. The van der Waals surface area contributed by atoms with Gasteiger partial charge in [0.25, 0.3) is 5.56 Å². The third-order valence-electron chi connectivity index (χ3n) is 4.91. The first-order chi connectivity index (χ1) is 15.9. The molecule has 3 heterocycles. The predicted octanol–water partition coefficient (Wildman–Crippen LogP) is 3.26. The molecule has 176 valence electrons. The van der Waals surface area contributed by atoms with Crippen LogP contribution in [0, 0.1) is 0 Å². The standard InChI is InChI=1S/C23H29N5O3S2/c1-15(2)18-14-33-20(26-18)5-3-16-7-10-28-19(13-16)27-22(25-9-12-32-11-8-24)17(23(28)31)4-6-21(29)30/h4,6-7,10,13-15,25H,3,5,8-9,11-12,24H2,1-2H3,(H,29,30)/b6-4+. The number of aryl methyl sites for hydroxylation is 2. The van der Waals surface area contributed by atoms with Crippen LogP contribution < -0.4 is 16.6 Å². The van der Waals surface area contributed by atoms with Crippen LogP contribution in [0.2, 0.25) is 0 Å². The van der Waals surface area contributed by atoms with Gasteiger partial charge in [0, 0.05) is 48.7 Å². The number of hydrogen-bond donors (Lipinski definition) is 3. The number of nitrogens with one attached hydrogen (secondary N) is 1. The Bertz CT molecular complexity index is 1190. The molecule has 10 heteroatoms. The van der Waals surface area contributed by atoms with E-state index in [1.807, 2.05) is 12.1 Å². The summed E-state index contributed by atoms with van der Waals surface area (Å²) < 4.78 is 1.44. The summed E-state index contributed by atoms with van der Waals surface area (Å²) in [7, 11) is 0. The number of aliphatic carboxylic acids is 1. The number of thioether (sulfide) groups is 1. The number of hydrogen-bond acceptors (Lipinski definition) is 8. The highest BCUT2D eigenvalue weighted by Crippen LogP contribution is 2.20. The van der Waals surface area contributed by atoms with E-state index in [0.717, 1.165) is 46.7 Å². The zero-order chi connectivity index (χ0) is 23.8. The van der Waals surface area contributed by atoms with Crippen molar-refractivity contribution in [1.29, 1.82) is 0 Å². The van der Waals surface area contributed by atoms with Crippen LogP contribution in [0.1, 0.15) is 41.6 Å². The van der Waals surface area contributed by atoms with Crippen LogP contribution in [-0.4, -0.2) is 50.0 Å². The number of carbonyl (C=O) groups is 1. The van der Waals surface area contributed by atoms with Crippen LogP contribution in [0.25, 0.3) is 11.7 Å². The minimum atomic E-state index is -1.12. The second-order valence-electron chi connectivity index (χ2n) is 7.76. The minimum absolute atomic E-state index is 0.218. The molecule has 33 heavy (non-hydrogen) atoms. The van der Waals surface area contributed by atoms with E-state index in [9.17, 15) is 9.59 Å². The third-order valence-corrected chi connectivity index (χ3v) is 6.86. The molecule has 4 N–H and O–H groups in total. The second kappa shape index (κ2) is 12.0. The Morgan fingerprint density at radius 1 is 1.33 bits per heavy atom. The van der Waals surface area contributed by atoms with Crippen molar-refractivity contribution in [2.75, 3.05) is 29.9 Å². The van der Waals surface area contributed by atoms with Crippen LogP contribution in [-0.2, 0) is 17.6 Å². The molecular weight excluding hydrogens is 458 g/mol. The first-order valence-corrected chi connectivity index (χ1v) is 12.8. The van der Waals surface area contributed by atoms with Gasteiger partial charge in [-0.1, -0.05) is 13.8 Å². The fourth-order valence-electron chi connectivity index (χ4n) is 3.17. The highest BCUT2D eigenvalue weighted by molar-refractivity contribution is 7.99. The number of pyridine rings is 1. The van der Waals surface area contributed by atoms with Crippen molar-refractivity contribution < 1.29 is 9.90 Å². The van der Waals surface area contributed by atoms with Gasteiger partial charge in [-0.3, -0.25) is 9.20 Å². The molecule has 0 bridgehead atoms. The molecule has 0 atom stereocenters. The summed E-state index contributed by atoms with van der Waals surface area (Å²) in [6, 6.07) is 3.80. The third kappa shape index (κ3) is 6.89. The van der Waals surface area contributed by atoms with E-state index < -0.39 is 5.97 Å². The van der Waals surface area contributed by atoms with Gasteiger partial charge in [0.1, 0.15) is 11.5 Å². The number of carboxylic acid groups (broad SMARTS) is 1. The highest BCUT2D eigenvalue weighted by atomic mass is 32.2. The number of nitrogens with two attached hydrogens (primary N) is 1. The topological polar surface area (TPSA) is 123 Å². The molecule has 0 aliphatic heterocycles. The number of aromatic nitrogens is 3. The van der Waals surface area contributed by atoms with Gasteiger partial charge < -0.3 is 16.2 Å². The average molecular weight is 488 g/mol. The van der Waals surface area contributed by atoms with E-state index in [1.54, 1.807) is 29.3 Å². The fraction of sp³-hybridized carbons (Fsp3) is 0.391. The Balaban J connectivity index is 1.85.